The average molecular weight is 220 g/mol. The lowest BCUT2D eigenvalue weighted by atomic mass is 10.2. The van der Waals surface area contributed by atoms with Gasteiger partial charge in [-0.2, -0.15) is 11.8 Å². The largest absolute Gasteiger partial charge is 0.370 e. The highest BCUT2D eigenvalue weighted by Crippen LogP contribution is 2.22. The normalized spacial score (nSPS) is 15.9. The zero-order valence-corrected chi connectivity index (χ0v) is 9.15. The number of rotatable bonds is 2. The summed E-state index contributed by atoms with van der Waals surface area (Å²) in [6.07, 6.45) is 0. The summed E-state index contributed by atoms with van der Waals surface area (Å²) in [5, 5.41) is 3.55. The van der Waals surface area contributed by atoms with Gasteiger partial charge in [0.05, 0.1) is 0 Å². The Hall–Kier alpha value is -1.32. The molecule has 0 atom stereocenters. The minimum absolute atomic E-state index is 0.674. The van der Waals surface area contributed by atoms with Crippen LogP contribution < -0.4 is 4.90 Å². The molecule has 0 amide bonds. The van der Waals surface area contributed by atoms with Crippen LogP contribution >= 0.6 is 11.8 Å². The molecule has 0 bridgehead atoms. The van der Waals surface area contributed by atoms with Crippen molar-refractivity contribution >= 4 is 23.1 Å². The van der Waals surface area contributed by atoms with E-state index in [4.69, 9.17) is 5.53 Å². The molecule has 1 fully saturated rings. The van der Waals surface area contributed by atoms with E-state index in [2.05, 4.69) is 14.9 Å². The van der Waals surface area contributed by atoms with Gasteiger partial charge >= 0.3 is 0 Å². The summed E-state index contributed by atoms with van der Waals surface area (Å²) in [4.78, 5) is 5.11. The molecule has 0 unspecified atom stereocenters. The second-order valence-electron chi connectivity index (χ2n) is 3.31. The van der Waals surface area contributed by atoms with Crippen LogP contribution in [-0.2, 0) is 0 Å². The minimum Gasteiger partial charge on any atom is -0.370 e. The molecule has 0 spiro atoms. The third-order valence-corrected chi connectivity index (χ3v) is 3.33. The van der Waals surface area contributed by atoms with Gasteiger partial charge in [-0.15, -0.1) is 0 Å². The molecular formula is C10H12N4S. The molecule has 0 radical (unpaired) electrons. The maximum absolute atomic E-state index is 8.28. The molecule has 1 aromatic carbocycles. The number of thioether (sulfide) groups is 1. The van der Waals surface area contributed by atoms with Crippen molar-refractivity contribution in [2.24, 2.45) is 5.11 Å². The minimum atomic E-state index is 0.674. The Morgan fingerprint density at radius 2 is 1.87 bits per heavy atom. The zero-order chi connectivity index (χ0) is 10.5. The molecule has 0 saturated carbocycles. The number of hydrogen-bond donors (Lipinski definition) is 0. The van der Waals surface area contributed by atoms with Crippen molar-refractivity contribution in [3.63, 3.8) is 0 Å². The van der Waals surface area contributed by atoms with Crippen molar-refractivity contribution in [2.45, 2.75) is 0 Å². The first-order chi connectivity index (χ1) is 7.40. The average Bonchev–Trinajstić information content (AvgIpc) is 2.32. The van der Waals surface area contributed by atoms with E-state index in [1.54, 1.807) is 0 Å². The van der Waals surface area contributed by atoms with E-state index in [1.807, 2.05) is 36.0 Å². The van der Waals surface area contributed by atoms with Gasteiger partial charge in [0.2, 0.25) is 0 Å². The number of anilines is 1. The van der Waals surface area contributed by atoms with Gasteiger partial charge in [0.1, 0.15) is 0 Å². The monoisotopic (exact) mass is 220 g/mol. The molecule has 78 valence electrons. The fourth-order valence-corrected chi connectivity index (χ4v) is 2.51. The first kappa shape index (κ1) is 10.2. The van der Waals surface area contributed by atoms with E-state index in [0.29, 0.717) is 5.69 Å². The lowest BCUT2D eigenvalue weighted by Gasteiger charge is -2.28. The molecule has 0 aromatic heterocycles. The van der Waals surface area contributed by atoms with E-state index < -0.39 is 0 Å². The Bertz CT molecular complexity index is 364. The molecule has 5 heteroatoms. The van der Waals surface area contributed by atoms with Crippen LogP contribution in [-0.4, -0.2) is 24.6 Å². The summed E-state index contributed by atoms with van der Waals surface area (Å²) in [7, 11) is 0. The molecular weight excluding hydrogens is 208 g/mol. The Balaban J connectivity index is 2.11. The van der Waals surface area contributed by atoms with Gasteiger partial charge in [-0.05, 0) is 17.7 Å². The molecule has 1 heterocycles. The molecule has 1 saturated heterocycles. The van der Waals surface area contributed by atoms with Gasteiger partial charge in [-0.1, -0.05) is 17.2 Å². The Morgan fingerprint density at radius 1 is 1.20 bits per heavy atom. The third kappa shape index (κ3) is 2.58. The molecule has 1 aliphatic rings. The van der Waals surface area contributed by atoms with Crippen molar-refractivity contribution in [3.05, 3.63) is 34.7 Å². The second kappa shape index (κ2) is 4.96. The highest BCUT2D eigenvalue weighted by atomic mass is 32.2. The van der Waals surface area contributed by atoms with E-state index in [0.717, 1.165) is 13.1 Å². The van der Waals surface area contributed by atoms with E-state index in [1.165, 1.54) is 17.2 Å². The van der Waals surface area contributed by atoms with Crippen molar-refractivity contribution in [2.75, 3.05) is 29.5 Å². The quantitative estimate of drug-likeness (QED) is 0.436. The van der Waals surface area contributed by atoms with Gasteiger partial charge in [0, 0.05) is 40.9 Å². The molecule has 0 N–H and O–H groups in total. The van der Waals surface area contributed by atoms with Crippen molar-refractivity contribution in [3.8, 4) is 0 Å². The van der Waals surface area contributed by atoms with Gasteiger partial charge < -0.3 is 4.90 Å². The summed E-state index contributed by atoms with van der Waals surface area (Å²) in [6, 6.07) is 7.74. The highest BCUT2D eigenvalue weighted by Gasteiger charge is 2.10. The van der Waals surface area contributed by atoms with Crippen LogP contribution in [0.3, 0.4) is 0 Å². The predicted octanol–water partition coefficient (Wildman–Crippen LogP) is 3.18. The molecule has 4 nitrogen and oxygen atoms in total. The summed E-state index contributed by atoms with van der Waals surface area (Å²) >= 11 is 2.00. The van der Waals surface area contributed by atoms with E-state index in [-0.39, 0.29) is 0 Å². The molecule has 2 rings (SSSR count). The van der Waals surface area contributed by atoms with Crippen molar-refractivity contribution < 1.29 is 0 Å². The van der Waals surface area contributed by atoms with Gasteiger partial charge in [0.25, 0.3) is 0 Å². The third-order valence-electron chi connectivity index (χ3n) is 2.39. The number of hydrogen-bond acceptors (Lipinski definition) is 3. The predicted molar refractivity (Wildman–Crippen MR) is 64.8 cm³/mol. The van der Waals surface area contributed by atoms with E-state index >= 15 is 0 Å². The fraction of sp³-hybridized carbons (Fsp3) is 0.400. The maximum Gasteiger partial charge on any atom is 0.0376 e. The van der Waals surface area contributed by atoms with Gasteiger partial charge in [0.15, 0.2) is 0 Å². The van der Waals surface area contributed by atoms with Crippen LogP contribution in [0.4, 0.5) is 11.4 Å². The smallest absolute Gasteiger partial charge is 0.0376 e. The lowest BCUT2D eigenvalue weighted by Crippen LogP contribution is -2.32. The summed E-state index contributed by atoms with van der Waals surface area (Å²) in [5.74, 6) is 2.39. The van der Waals surface area contributed by atoms with Crippen LogP contribution in [0.1, 0.15) is 0 Å². The first-order valence-corrected chi connectivity index (χ1v) is 6.03. The maximum atomic E-state index is 8.28. The van der Waals surface area contributed by atoms with Crippen LogP contribution in [0.2, 0.25) is 0 Å². The van der Waals surface area contributed by atoms with Gasteiger partial charge in [-0.25, -0.2) is 0 Å². The Kier molecular flexibility index (Phi) is 3.37. The van der Waals surface area contributed by atoms with Crippen molar-refractivity contribution in [1.82, 2.24) is 0 Å². The van der Waals surface area contributed by atoms with Crippen LogP contribution in [0.15, 0.2) is 29.4 Å². The molecule has 1 aromatic rings. The lowest BCUT2D eigenvalue weighted by molar-refractivity contribution is 0.859. The van der Waals surface area contributed by atoms with Crippen LogP contribution in [0, 0.1) is 0 Å². The zero-order valence-electron chi connectivity index (χ0n) is 8.33. The molecule has 0 aliphatic carbocycles. The van der Waals surface area contributed by atoms with E-state index in [9.17, 15) is 0 Å². The second-order valence-corrected chi connectivity index (χ2v) is 4.53. The number of azide groups is 1. The fourth-order valence-electron chi connectivity index (χ4n) is 1.60. The van der Waals surface area contributed by atoms with Crippen molar-refractivity contribution in [1.29, 1.82) is 0 Å². The topological polar surface area (TPSA) is 52.0 Å². The SMILES string of the molecule is [N-]=[N+]=Nc1ccc(N2CCSCC2)cc1. The number of benzene rings is 1. The summed E-state index contributed by atoms with van der Waals surface area (Å²) in [5.41, 5.74) is 10.2. The number of nitrogens with zero attached hydrogens (tertiary/aromatic N) is 4. The molecule has 15 heavy (non-hydrogen) atoms. The Labute approximate surface area is 92.9 Å². The summed E-state index contributed by atoms with van der Waals surface area (Å²) < 4.78 is 0. The Morgan fingerprint density at radius 3 is 2.47 bits per heavy atom. The van der Waals surface area contributed by atoms with Crippen LogP contribution in [0.5, 0.6) is 0 Å². The van der Waals surface area contributed by atoms with Crippen LogP contribution in [0.25, 0.3) is 10.4 Å². The highest BCUT2D eigenvalue weighted by molar-refractivity contribution is 7.99. The summed E-state index contributed by atoms with van der Waals surface area (Å²) in [6.45, 7) is 2.21. The van der Waals surface area contributed by atoms with Gasteiger partial charge in [-0.3, -0.25) is 0 Å². The standard InChI is InChI=1S/C10H12N4S/c11-13-12-9-1-3-10(4-2-9)14-5-7-15-8-6-14/h1-4H,5-8H2. The first-order valence-electron chi connectivity index (χ1n) is 4.88. The molecule has 1 aliphatic heterocycles.